The topological polar surface area (TPSA) is 0 Å². The maximum atomic E-state index is 2.24. The Kier molecular flexibility index (Phi) is 9.27. The number of aryl methyl sites for hydroxylation is 2. The van der Waals surface area contributed by atoms with Crippen molar-refractivity contribution < 1.29 is 24.2 Å². The van der Waals surface area contributed by atoms with Gasteiger partial charge in [0.2, 0.25) is 0 Å². The summed E-state index contributed by atoms with van der Waals surface area (Å²) >= 11 is 1.46. The van der Waals surface area contributed by atoms with E-state index in [1.807, 2.05) is 0 Å². The molecule has 0 heterocycles. The van der Waals surface area contributed by atoms with E-state index in [9.17, 15) is 0 Å². The Hall–Kier alpha value is -3.93. The van der Waals surface area contributed by atoms with Crippen LogP contribution in [0.3, 0.4) is 0 Å². The third-order valence-corrected chi connectivity index (χ3v) is 8.50. The van der Waals surface area contributed by atoms with Gasteiger partial charge in [0.1, 0.15) is 0 Å². The molecular weight excluding hydrogens is 560 g/mol. The number of hydrogen-bond acceptors (Lipinski definition) is 0. The fraction of sp³-hybridized carbons (Fsp3) is 0.0513. The quantitative estimate of drug-likeness (QED) is 0.179. The smallest absolute Gasteiger partial charge is 0.0771 e. The molecule has 0 atom stereocenters. The van der Waals surface area contributed by atoms with Crippen molar-refractivity contribution >= 4 is 24.8 Å². The molecule has 0 amide bonds. The molecule has 192 valence electrons. The van der Waals surface area contributed by atoms with Crippen molar-refractivity contribution in [1.82, 2.24) is 0 Å². The van der Waals surface area contributed by atoms with Crippen molar-refractivity contribution in [3.05, 3.63) is 180 Å². The van der Waals surface area contributed by atoms with Crippen LogP contribution < -0.4 is 0 Å². The van der Waals surface area contributed by atoms with E-state index in [0.29, 0.717) is 0 Å². The van der Waals surface area contributed by atoms with Crippen LogP contribution in [0, 0.1) is 13.8 Å². The maximum Gasteiger partial charge on any atom is -0.0771 e. The summed E-state index contributed by atoms with van der Waals surface area (Å²) in [7, 11) is 0. The number of hydrogen-bond donors (Lipinski definition) is 0. The predicted octanol–water partition coefficient (Wildman–Crippen LogP) is 10.2. The summed E-state index contributed by atoms with van der Waals surface area (Å²) in [5, 5.41) is 5.39. The van der Waals surface area contributed by atoms with E-state index < -0.39 is 0 Å². The van der Waals surface area contributed by atoms with Crippen molar-refractivity contribution in [3.8, 4) is 11.1 Å². The van der Waals surface area contributed by atoms with Gasteiger partial charge in [-0.15, -0.1) is 51.4 Å². The Morgan fingerprint density at radius 2 is 0.975 bits per heavy atom. The molecule has 0 saturated heterocycles. The van der Waals surface area contributed by atoms with Crippen molar-refractivity contribution in [3.63, 3.8) is 0 Å². The van der Waals surface area contributed by atoms with Crippen LogP contribution in [0.4, 0.5) is 0 Å². The van der Waals surface area contributed by atoms with Crippen LogP contribution in [0.1, 0.15) is 22.3 Å². The fourth-order valence-corrected chi connectivity index (χ4v) is 5.91. The Morgan fingerprint density at radius 3 is 1.45 bits per heavy atom. The van der Waals surface area contributed by atoms with Crippen LogP contribution in [0.25, 0.3) is 32.7 Å². The first kappa shape index (κ1) is 27.6. The molecule has 0 saturated carbocycles. The fourth-order valence-electron chi connectivity index (χ4n) is 5.09. The second-order valence-corrected chi connectivity index (χ2v) is 11.1. The molecule has 0 fully saturated rings. The zero-order valence-corrected chi connectivity index (χ0v) is 25.5. The van der Waals surface area contributed by atoms with Crippen LogP contribution in [0.5, 0.6) is 0 Å². The SMILES string of the molecule is Cc1cccc(C)c1-c1ccc[cH-]1.[Zr+2]=[C](c1ccccc1)c1ccccc1.c1ccc2c(c1)[cH-]c1ccccc12. The average Bonchev–Trinajstić information content (AvgIpc) is 3.67. The average molecular weight is 592 g/mol. The maximum absolute atomic E-state index is 2.24. The summed E-state index contributed by atoms with van der Waals surface area (Å²) in [5.41, 5.74) is 8.08. The third-order valence-electron chi connectivity index (χ3n) is 7.08. The summed E-state index contributed by atoms with van der Waals surface area (Å²) in [5.74, 6) is 0. The summed E-state index contributed by atoms with van der Waals surface area (Å²) in [6.45, 7) is 4.32. The number of rotatable bonds is 3. The van der Waals surface area contributed by atoms with Gasteiger partial charge in [-0.25, -0.2) is 0 Å². The van der Waals surface area contributed by atoms with Crippen LogP contribution in [0.2, 0.25) is 0 Å². The normalized spacial score (nSPS) is 10.4. The minimum atomic E-state index is 1.33. The molecule has 0 aliphatic rings. The van der Waals surface area contributed by atoms with Gasteiger partial charge in [-0.1, -0.05) is 71.3 Å². The van der Waals surface area contributed by atoms with Gasteiger partial charge in [0.25, 0.3) is 0 Å². The molecule has 0 nitrogen and oxygen atoms in total. The first-order valence-corrected chi connectivity index (χ1v) is 14.9. The van der Waals surface area contributed by atoms with Gasteiger partial charge in [0.15, 0.2) is 0 Å². The predicted molar refractivity (Wildman–Crippen MR) is 170 cm³/mol. The molecule has 7 rings (SSSR count). The zero-order valence-electron chi connectivity index (χ0n) is 23.0. The Balaban J connectivity index is 0.000000121. The van der Waals surface area contributed by atoms with Gasteiger partial charge in [0.05, 0.1) is 0 Å². The molecule has 0 spiro atoms. The van der Waals surface area contributed by atoms with E-state index in [1.54, 1.807) is 0 Å². The summed E-state index contributed by atoms with van der Waals surface area (Å²) < 4.78 is 1.42. The number of benzene rings is 5. The molecule has 1 heteroatoms. The van der Waals surface area contributed by atoms with E-state index in [1.165, 1.54) is 82.4 Å². The van der Waals surface area contributed by atoms with Crippen molar-refractivity contribution in [1.29, 1.82) is 0 Å². The van der Waals surface area contributed by atoms with Gasteiger partial charge >= 0.3 is 99.2 Å². The molecule has 0 aromatic heterocycles. The number of fused-ring (bicyclic) bond motifs is 3. The van der Waals surface area contributed by atoms with Crippen LogP contribution in [-0.4, -0.2) is 3.21 Å². The molecular formula is C39H32Zr. The van der Waals surface area contributed by atoms with E-state index in [-0.39, 0.29) is 0 Å². The van der Waals surface area contributed by atoms with E-state index >= 15 is 0 Å². The minimum absolute atomic E-state index is 1.33. The Labute approximate surface area is 252 Å². The van der Waals surface area contributed by atoms with Gasteiger partial charge in [0, 0.05) is 0 Å². The van der Waals surface area contributed by atoms with Gasteiger partial charge in [-0.3, -0.25) is 0 Å². The summed E-state index contributed by atoms with van der Waals surface area (Å²) in [6, 6.07) is 55.3. The molecule has 0 bridgehead atoms. The first-order chi connectivity index (χ1) is 19.6. The van der Waals surface area contributed by atoms with E-state index in [4.69, 9.17) is 0 Å². The second-order valence-electron chi connectivity index (χ2n) is 9.87. The molecule has 0 radical (unpaired) electrons. The monoisotopic (exact) mass is 590 g/mol. The van der Waals surface area contributed by atoms with E-state index in [0.717, 1.165) is 0 Å². The largest absolute Gasteiger partial charge is 0.126 e. The molecule has 0 unspecified atom stereocenters. The van der Waals surface area contributed by atoms with Gasteiger partial charge in [-0.05, 0) is 13.8 Å². The molecule has 7 aromatic carbocycles. The van der Waals surface area contributed by atoms with Crippen LogP contribution in [-0.2, 0) is 24.2 Å². The molecule has 0 aliphatic carbocycles. The van der Waals surface area contributed by atoms with Crippen molar-refractivity contribution in [2.45, 2.75) is 13.8 Å². The summed E-state index contributed by atoms with van der Waals surface area (Å²) in [6.07, 6.45) is 0. The second kappa shape index (κ2) is 13.4. The first-order valence-electron chi connectivity index (χ1n) is 13.6. The van der Waals surface area contributed by atoms with Crippen LogP contribution >= 0.6 is 0 Å². The van der Waals surface area contributed by atoms with Gasteiger partial charge < -0.3 is 0 Å². The Bertz CT molecular complexity index is 1690. The van der Waals surface area contributed by atoms with Crippen molar-refractivity contribution in [2.75, 3.05) is 0 Å². The molecule has 7 aromatic rings. The minimum Gasteiger partial charge on any atom is -0.126 e. The zero-order chi connectivity index (χ0) is 27.7. The van der Waals surface area contributed by atoms with Gasteiger partial charge in [-0.2, -0.15) is 18.2 Å². The Morgan fingerprint density at radius 1 is 0.500 bits per heavy atom. The standard InChI is InChI=1S/C13H9.C13H13.C13H10.Zr/c1-3-7-12-10(5-1)9-11-6-2-4-8-13(11)12;1-10-6-5-7-11(2)13(10)12-8-3-4-9-12;1-3-7-12(8-4-1)11-13-9-5-2-6-10-13;/h1-9H;3-9H,1-2H3;1-10H;/q2*-1;;+2. The summed E-state index contributed by atoms with van der Waals surface area (Å²) in [4.78, 5) is 0. The van der Waals surface area contributed by atoms with Crippen LogP contribution in [0.15, 0.2) is 158 Å². The third kappa shape index (κ3) is 6.61. The van der Waals surface area contributed by atoms with E-state index in [2.05, 4.69) is 172 Å². The molecule has 0 N–H and O–H groups in total. The molecule has 40 heavy (non-hydrogen) atoms. The molecule has 0 aliphatic heterocycles. The van der Waals surface area contributed by atoms with Crippen molar-refractivity contribution in [2.24, 2.45) is 0 Å².